The van der Waals surface area contributed by atoms with Crippen LogP contribution >= 0.6 is 0 Å². The summed E-state index contributed by atoms with van der Waals surface area (Å²) < 4.78 is 0. The minimum atomic E-state index is -0.0459. The Kier molecular flexibility index (Phi) is 3.64. The first kappa shape index (κ1) is 16.2. The van der Waals surface area contributed by atoms with E-state index < -0.39 is 0 Å². The van der Waals surface area contributed by atoms with Gasteiger partial charge in [-0.25, -0.2) is 0 Å². The van der Waals surface area contributed by atoms with E-state index in [4.69, 9.17) is 0 Å². The van der Waals surface area contributed by atoms with Gasteiger partial charge in [-0.15, -0.1) is 0 Å². The number of hydrogen-bond acceptors (Lipinski definition) is 2. The summed E-state index contributed by atoms with van der Waals surface area (Å²) in [6, 6.07) is 24.9. The fourth-order valence-corrected chi connectivity index (χ4v) is 5.22. The molecule has 1 heterocycles. The molecule has 0 radical (unpaired) electrons. The molecule has 6 rings (SSSR count). The van der Waals surface area contributed by atoms with Gasteiger partial charge >= 0.3 is 0 Å². The molecule has 2 bridgehead atoms. The van der Waals surface area contributed by atoms with Gasteiger partial charge in [0.05, 0.1) is 11.6 Å². The summed E-state index contributed by atoms with van der Waals surface area (Å²) in [7, 11) is 0. The van der Waals surface area contributed by atoms with Gasteiger partial charge in [0.15, 0.2) is 0 Å². The molecule has 3 aromatic rings. The van der Waals surface area contributed by atoms with E-state index >= 15 is 0 Å². The number of carbonyl (C=O) groups is 1. The van der Waals surface area contributed by atoms with Crippen LogP contribution in [0.4, 0.5) is 0 Å². The van der Waals surface area contributed by atoms with Crippen molar-refractivity contribution in [2.45, 2.75) is 30.7 Å². The molecule has 3 aliphatic carbocycles. The van der Waals surface area contributed by atoms with Crippen LogP contribution in [-0.4, -0.2) is 10.9 Å². The molecule has 1 N–H and O–H groups in total. The Morgan fingerprint density at radius 3 is 2.19 bits per heavy atom. The average Bonchev–Trinajstić information content (AvgIpc) is 2.67. The maximum absolute atomic E-state index is 12.8. The molecule has 27 heavy (non-hydrogen) atoms. The standard InChI is InChI=1S/C24H22N2O/c27-22(19-10-7-13-25-14-19)26-21(18-8-3-1-4-9-18)24-15-23(16-24,17-24)20-11-5-2-6-12-20/h1-14,21H,15-17H2,(H,26,27). The molecule has 1 aromatic heterocycles. The molecule has 1 unspecified atom stereocenters. The molecule has 1 amide bonds. The van der Waals surface area contributed by atoms with Gasteiger partial charge in [0.25, 0.3) is 5.91 Å². The van der Waals surface area contributed by atoms with Crippen molar-refractivity contribution in [1.29, 1.82) is 0 Å². The molecule has 0 aliphatic heterocycles. The van der Waals surface area contributed by atoms with Gasteiger partial charge in [-0.1, -0.05) is 60.7 Å². The normalized spacial score (nSPS) is 26.4. The highest BCUT2D eigenvalue weighted by Crippen LogP contribution is 2.77. The fraction of sp³-hybridized carbons (Fsp3) is 0.250. The van der Waals surface area contributed by atoms with E-state index in [0.717, 1.165) is 19.3 Å². The zero-order valence-corrected chi connectivity index (χ0v) is 15.1. The van der Waals surface area contributed by atoms with Crippen molar-refractivity contribution >= 4 is 5.91 Å². The first-order chi connectivity index (χ1) is 13.2. The third-order valence-corrected chi connectivity index (χ3v) is 6.40. The number of aromatic nitrogens is 1. The Morgan fingerprint density at radius 2 is 1.56 bits per heavy atom. The molecule has 134 valence electrons. The number of hydrogen-bond donors (Lipinski definition) is 1. The predicted octanol–water partition coefficient (Wildman–Crippen LogP) is 4.67. The van der Waals surface area contributed by atoms with Crippen LogP contribution in [0.2, 0.25) is 0 Å². The number of pyridine rings is 1. The van der Waals surface area contributed by atoms with Crippen molar-refractivity contribution in [2.75, 3.05) is 0 Å². The zero-order valence-electron chi connectivity index (χ0n) is 15.1. The van der Waals surface area contributed by atoms with E-state index in [2.05, 4.69) is 64.9 Å². The topological polar surface area (TPSA) is 42.0 Å². The van der Waals surface area contributed by atoms with Gasteiger partial charge in [0, 0.05) is 12.4 Å². The molecule has 2 aromatic carbocycles. The average molecular weight is 354 g/mol. The molecule has 3 nitrogen and oxygen atoms in total. The highest BCUT2D eigenvalue weighted by molar-refractivity contribution is 5.94. The van der Waals surface area contributed by atoms with Gasteiger partial charge in [-0.2, -0.15) is 0 Å². The maximum Gasteiger partial charge on any atom is 0.253 e. The Bertz CT molecular complexity index is 934. The minimum Gasteiger partial charge on any atom is -0.345 e. The Labute approximate surface area is 159 Å². The molecular formula is C24H22N2O. The van der Waals surface area contributed by atoms with E-state index in [9.17, 15) is 4.79 Å². The van der Waals surface area contributed by atoms with Gasteiger partial charge in [-0.3, -0.25) is 9.78 Å². The number of amides is 1. The second-order valence-corrected chi connectivity index (χ2v) is 8.10. The van der Waals surface area contributed by atoms with Crippen LogP contribution < -0.4 is 5.32 Å². The maximum atomic E-state index is 12.8. The molecule has 0 saturated heterocycles. The molecule has 3 aliphatic rings. The quantitative estimate of drug-likeness (QED) is 0.723. The molecule has 1 atom stereocenters. The fourth-order valence-electron chi connectivity index (χ4n) is 5.22. The largest absolute Gasteiger partial charge is 0.345 e. The smallest absolute Gasteiger partial charge is 0.253 e. The van der Waals surface area contributed by atoms with Crippen molar-refractivity contribution in [3.63, 3.8) is 0 Å². The van der Waals surface area contributed by atoms with Gasteiger partial charge in [0.2, 0.25) is 0 Å². The van der Waals surface area contributed by atoms with Crippen molar-refractivity contribution in [3.8, 4) is 0 Å². The third kappa shape index (κ3) is 2.57. The first-order valence-electron chi connectivity index (χ1n) is 9.52. The molecule has 3 fully saturated rings. The third-order valence-electron chi connectivity index (χ3n) is 6.40. The summed E-state index contributed by atoms with van der Waals surface area (Å²) in [6.45, 7) is 0. The van der Waals surface area contributed by atoms with Crippen LogP contribution in [0.1, 0.15) is 46.8 Å². The summed E-state index contributed by atoms with van der Waals surface area (Å²) in [5, 5.41) is 3.32. The van der Waals surface area contributed by atoms with Crippen LogP contribution in [0.5, 0.6) is 0 Å². The molecular weight excluding hydrogens is 332 g/mol. The highest BCUT2D eigenvalue weighted by atomic mass is 16.1. The number of benzene rings is 2. The van der Waals surface area contributed by atoms with Crippen molar-refractivity contribution < 1.29 is 4.79 Å². The summed E-state index contributed by atoms with van der Waals surface area (Å²) in [4.78, 5) is 16.9. The second-order valence-electron chi connectivity index (χ2n) is 8.10. The van der Waals surface area contributed by atoms with E-state index in [-0.39, 0.29) is 17.4 Å². The lowest BCUT2D eigenvalue weighted by Gasteiger charge is -2.73. The van der Waals surface area contributed by atoms with Crippen molar-refractivity contribution in [1.82, 2.24) is 10.3 Å². The van der Waals surface area contributed by atoms with Crippen LogP contribution in [0, 0.1) is 5.41 Å². The Hall–Kier alpha value is -2.94. The Balaban J connectivity index is 1.41. The van der Waals surface area contributed by atoms with Crippen molar-refractivity contribution in [2.24, 2.45) is 5.41 Å². The number of rotatable bonds is 5. The zero-order chi connectivity index (χ0) is 18.3. The van der Waals surface area contributed by atoms with Crippen LogP contribution in [-0.2, 0) is 5.41 Å². The molecule has 0 spiro atoms. The van der Waals surface area contributed by atoms with Crippen molar-refractivity contribution in [3.05, 3.63) is 102 Å². The lowest BCUT2D eigenvalue weighted by atomic mass is 9.31. The van der Waals surface area contributed by atoms with E-state index in [1.54, 1.807) is 18.5 Å². The van der Waals surface area contributed by atoms with E-state index in [1.807, 2.05) is 12.1 Å². The van der Waals surface area contributed by atoms with E-state index in [0.29, 0.717) is 11.0 Å². The summed E-state index contributed by atoms with van der Waals surface area (Å²) >= 11 is 0. The number of nitrogens with one attached hydrogen (secondary N) is 1. The van der Waals surface area contributed by atoms with Gasteiger partial charge < -0.3 is 5.32 Å². The van der Waals surface area contributed by atoms with Gasteiger partial charge in [-0.05, 0) is 53.4 Å². The van der Waals surface area contributed by atoms with Crippen LogP contribution in [0.25, 0.3) is 0 Å². The molecule has 3 heteroatoms. The molecule has 3 saturated carbocycles. The minimum absolute atomic E-state index is 0.0389. The summed E-state index contributed by atoms with van der Waals surface area (Å²) in [5.74, 6) is -0.0459. The Morgan fingerprint density at radius 1 is 0.889 bits per heavy atom. The second kappa shape index (κ2) is 6.05. The number of carbonyl (C=O) groups excluding carboxylic acids is 1. The highest BCUT2D eigenvalue weighted by Gasteiger charge is 2.71. The summed E-state index contributed by atoms with van der Waals surface area (Å²) in [6.07, 6.45) is 6.73. The van der Waals surface area contributed by atoms with Crippen LogP contribution in [0.15, 0.2) is 85.2 Å². The summed E-state index contributed by atoms with van der Waals surface area (Å²) in [5.41, 5.74) is 3.72. The lowest BCUT2D eigenvalue weighted by molar-refractivity contribution is -0.164. The van der Waals surface area contributed by atoms with Gasteiger partial charge in [0.1, 0.15) is 0 Å². The monoisotopic (exact) mass is 354 g/mol. The predicted molar refractivity (Wildman–Crippen MR) is 105 cm³/mol. The SMILES string of the molecule is O=C(NC(c1ccccc1)C12CC(c3ccccc3)(C1)C2)c1cccnc1. The number of nitrogens with zero attached hydrogens (tertiary/aromatic N) is 1. The first-order valence-corrected chi connectivity index (χ1v) is 9.52. The lowest BCUT2D eigenvalue weighted by Crippen LogP contribution is -2.68. The van der Waals surface area contributed by atoms with Crippen LogP contribution in [0.3, 0.4) is 0 Å². The van der Waals surface area contributed by atoms with E-state index in [1.165, 1.54) is 11.1 Å².